The van der Waals surface area contributed by atoms with Gasteiger partial charge in [-0.25, -0.2) is 0 Å². The lowest BCUT2D eigenvalue weighted by Crippen LogP contribution is -1.71. The Morgan fingerprint density at radius 2 is 2.33 bits per heavy atom. The van der Waals surface area contributed by atoms with Crippen LogP contribution in [0.4, 0.5) is 0 Å². The maximum atomic E-state index is 5.08. The number of terminal acetylenes is 1. The summed E-state index contributed by atoms with van der Waals surface area (Å²) < 4.78 is 0. The van der Waals surface area contributed by atoms with Gasteiger partial charge in [-0.05, 0) is 19.8 Å². The van der Waals surface area contributed by atoms with Gasteiger partial charge < -0.3 is 0 Å². The first-order chi connectivity index (χ1) is 4.31. The van der Waals surface area contributed by atoms with Crippen molar-refractivity contribution in [1.29, 1.82) is 0 Å². The zero-order valence-electron chi connectivity index (χ0n) is 6.28. The molecule has 0 N–H and O–H groups in total. The fourth-order valence-corrected chi connectivity index (χ4v) is 0.546. The maximum Gasteiger partial charge on any atom is 0.0121 e. The van der Waals surface area contributed by atoms with Crippen LogP contribution in [-0.2, 0) is 0 Å². The molecule has 0 saturated carbocycles. The van der Waals surface area contributed by atoms with Gasteiger partial charge in [0.05, 0.1) is 0 Å². The highest BCUT2D eigenvalue weighted by Crippen LogP contribution is 2.00. The first-order valence-electron chi connectivity index (χ1n) is 3.40. The summed E-state index contributed by atoms with van der Waals surface area (Å²) in [7, 11) is 0. The number of allylic oxidation sites excluding steroid dienone is 2. The fraction of sp³-hybridized carbons (Fsp3) is 0.556. The first-order valence-corrected chi connectivity index (χ1v) is 3.40. The molecule has 0 heterocycles. The second kappa shape index (κ2) is 5.44. The van der Waals surface area contributed by atoms with Crippen molar-refractivity contribution in [1.82, 2.24) is 0 Å². The smallest absolute Gasteiger partial charge is 0.0121 e. The van der Waals surface area contributed by atoms with Gasteiger partial charge in [0.25, 0.3) is 0 Å². The lowest BCUT2D eigenvalue weighted by atomic mass is 10.2. The van der Waals surface area contributed by atoms with Crippen LogP contribution in [-0.4, -0.2) is 0 Å². The third kappa shape index (κ3) is 5.17. The van der Waals surface area contributed by atoms with Gasteiger partial charge in [-0.3, -0.25) is 0 Å². The molecule has 9 heavy (non-hydrogen) atoms. The Morgan fingerprint density at radius 3 is 2.78 bits per heavy atom. The van der Waals surface area contributed by atoms with Crippen molar-refractivity contribution in [3.8, 4) is 12.3 Å². The predicted octanol–water partition coefficient (Wildman–Crippen LogP) is 2.76. The molecule has 0 atom stereocenters. The van der Waals surface area contributed by atoms with E-state index in [1.165, 1.54) is 5.57 Å². The van der Waals surface area contributed by atoms with Crippen LogP contribution in [0, 0.1) is 12.3 Å². The molecule has 0 heteroatoms. The van der Waals surface area contributed by atoms with E-state index in [0.29, 0.717) is 0 Å². The molecule has 0 amide bonds. The van der Waals surface area contributed by atoms with E-state index in [0.717, 1.165) is 19.3 Å². The molecule has 50 valence electrons. The van der Waals surface area contributed by atoms with Gasteiger partial charge in [0.1, 0.15) is 0 Å². The third-order valence-electron chi connectivity index (χ3n) is 1.34. The second-order valence-corrected chi connectivity index (χ2v) is 2.15. The van der Waals surface area contributed by atoms with Crippen LogP contribution < -0.4 is 0 Å². The van der Waals surface area contributed by atoms with Crippen molar-refractivity contribution in [3.05, 3.63) is 11.6 Å². The van der Waals surface area contributed by atoms with E-state index in [-0.39, 0.29) is 0 Å². The summed E-state index contributed by atoms with van der Waals surface area (Å²) in [6, 6.07) is 0. The average Bonchev–Trinajstić information content (AvgIpc) is 1.89. The van der Waals surface area contributed by atoms with Crippen LogP contribution in [0.5, 0.6) is 0 Å². The molecule has 0 aliphatic rings. The van der Waals surface area contributed by atoms with E-state index in [1.807, 2.05) is 0 Å². The standard InChI is InChI=1S/C9H14/c1-4-6-7-8-9(3)5-2/h1,8H,5-7H2,2-3H3/b9-8+. The van der Waals surface area contributed by atoms with Crippen molar-refractivity contribution in [2.75, 3.05) is 0 Å². The molecule has 0 aromatic carbocycles. The van der Waals surface area contributed by atoms with E-state index < -0.39 is 0 Å². The lowest BCUT2D eigenvalue weighted by molar-refractivity contribution is 1.02. The Bertz CT molecular complexity index is 123. The Labute approximate surface area is 58.0 Å². The summed E-state index contributed by atoms with van der Waals surface area (Å²) in [5.74, 6) is 2.60. The van der Waals surface area contributed by atoms with Crippen molar-refractivity contribution in [2.45, 2.75) is 33.1 Å². The van der Waals surface area contributed by atoms with E-state index in [9.17, 15) is 0 Å². The predicted molar refractivity (Wildman–Crippen MR) is 42.1 cm³/mol. The number of rotatable bonds is 3. The summed E-state index contributed by atoms with van der Waals surface area (Å²) in [6.45, 7) is 4.29. The normalized spacial score (nSPS) is 11.0. The number of hydrogen-bond donors (Lipinski definition) is 0. The molecule has 0 aromatic rings. The summed E-state index contributed by atoms with van der Waals surface area (Å²) >= 11 is 0. The topological polar surface area (TPSA) is 0 Å². The SMILES string of the molecule is C#CCC/C=C(\C)CC. The molecule has 0 fully saturated rings. The Hall–Kier alpha value is -0.700. The zero-order chi connectivity index (χ0) is 7.11. The van der Waals surface area contributed by atoms with Gasteiger partial charge in [0, 0.05) is 6.42 Å². The van der Waals surface area contributed by atoms with Gasteiger partial charge in [0.15, 0.2) is 0 Å². The second-order valence-electron chi connectivity index (χ2n) is 2.15. The lowest BCUT2D eigenvalue weighted by Gasteiger charge is -1.91. The van der Waals surface area contributed by atoms with Crippen LogP contribution in [0.2, 0.25) is 0 Å². The van der Waals surface area contributed by atoms with E-state index in [2.05, 4.69) is 25.8 Å². The molecule has 0 bridgehead atoms. The quantitative estimate of drug-likeness (QED) is 0.307. The molecule has 0 saturated heterocycles. The molecular formula is C9H14. The van der Waals surface area contributed by atoms with E-state index >= 15 is 0 Å². The van der Waals surface area contributed by atoms with Crippen LogP contribution in [0.25, 0.3) is 0 Å². The molecular weight excluding hydrogens is 108 g/mol. The molecule has 0 aliphatic carbocycles. The summed E-state index contributed by atoms with van der Waals surface area (Å²) in [6.07, 6.45) is 10.3. The highest BCUT2D eigenvalue weighted by atomic mass is 13.9. The minimum atomic E-state index is 0.872. The van der Waals surface area contributed by atoms with Crippen LogP contribution in [0.3, 0.4) is 0 Å². The van der Waals surface area contributed by atoms with Crippen molar-refractivity contribution in [3.63, 3.8) is 0 Å². The van der Waals surface area contributed by atoms with E-state index in [1.54, 1.807) is 0 Å². The minimum absolute atomic E-state index is 0.872. The van der Waals surface area contributed by atoms with Crippen molar-refractivity contribution in [2.24, 2.45) is 0 Å². The number of unbranched alkanes of at least 4 members (excludes halogenated alkanes) is 1. The molecule has 0 spiro atoms. The molecule has 0 radical (unpaired) electrons. The maximum absolute atomic E-state index is 5.08. The molecule has 0 unspecified atom stereocenters. The van der Waals surface area contributed by atoms with Gasteiger partial charge >= 0.3 is 0 Å². The highest BCUT2D eigenvalue weighted by molar-refractivity contribution is 4.98. The summed E-state index contributed by atoms with van der Waals surface area (Å²) in [5, 5.41) is 0. The average molecular weight is 122 g/mol. The first kappa shape index (κ1) is 8.30. The van der Waals surface area contributed by atoms with Crippen LogP contribution in [0.15, 0.2) is 11.6 Å². The minimum Gasteiger partial charge on any atom is -0.120 e. The van der Waals surface area contributed by atoms with E-state index in [4.69, 9.17) is 6.42 Å². The molecule has 0 aliphatic heterocycles. The Kier molecular flexibility index (Phi) is 5.01. The van der Waals surface area contributed by atoms with Crippen LogP contribution >= 0.6 is 0 Å². The Balaban J connectivity index is 3.35. The van der Waals surface area contributed by atoms with Gasteiger partial charge in [-0.1, -0.05) is 18.6 Å². The number of hydrogen-bond acceptors (Lipinski definition) is 0. The molecule has 0 rings (SSSR count). The Morgan fingerprint density at radius 1 is 1.67 bits per heavy atom. The summed E-state index contributed by atoms with van der Waals surface area (Å²) in [5.41, 5.74) is 1.44. The molecule has 0 aromatic heterocycles. The van der Waals surface area contributed by atoms with Gasteiger partial charge in [-0.15, -0.1) is 12.3 Å². The van der Waals surface area contributed by atoms with Crippen molar-refractivity contribution < 1.29 is 0 Å². The largest absolute Gasteiger partial charge is 0.120 e. The van der Waals surface area contributed by atoms with Crippen molar-refractivity contribution >= 4 is 0 Å². The van der Waals surface area contributed by atoms with Gasteiger partial charge in [-0.2, -0.15) is 0 Å². The monoisotopic (exact) mass is 122 g/mol. The highest BCUT2D eigenvalue weighted by Gasteiger charge is 1.81. The van der Waals surface area contributed by atoms with Gasteiger partial charge in [0.2, 0.25) is 0 Å². The third-order valence-corrected chi connectivity index (χ3v) is 1.34. The molecule has 0 nitrogen and oxygen atoms in total. The van der Waals surface area contributed by atoms with Crippen LogP contribution in [0.1, 0.15) is 33.1 Å². The zero-order valence-corrected chi connectivity index (χ0v) is 6.28. The fourth-order valence-electron chi connectivity index (χ4n) is 0.546. The summed E-state index contributed by atoms with van der Waals surface area (Å²) in [4.78, 5) is 0.